The van der Waals surface area contributed by atoms with E-state index in [0.29, 0.717) is 0 Å². The van der Waals surface area contributed by atoms with Gasteiger partial charge in [-0.15, -0.1) is 0 Å². The van der Waals surface area contributed by atoms with Gasteiger partial charge in [0.2, 0.25) is 0 Å². The van der Waals surface area contributed by atoms with E-state index in [1.54, 1.807) is 0 Å². The molecular weight excluding hydrogens is 186 g/mol. The summed E-state index contributed by atoms with van der Waals surface area (Å²) in [5, 5.41) is 0.0408. The number of alkyl halides is 2. The smallest absolute Gasteiger partial charge is 0.232 e. The van der Waals surface area contributed by atoms with Crippen LogP contribution in [0, 0.1) is 6.92 Å². The second kappa shape index (κ2) is 2.94. The molecule has 1 heterocycles. The fourth-order valence-corrected chi connectivity index (χ4v) is 0.982. The summed E-state index contributed by atoms with van der Waals surface area (Å²) in [5.74, 6) is -2.71. The van der Waals surface area contributed by atoms with Gasteiger partial charge >= 0.3 is 0 Å². The average Bonchev–Trinajstić information content (AvgIpc) is 1.82. The third kappa shape index (κ3) is 2.11. The van der Waals surface area contributed by atoms with Crippen LogP contribution in [0.1, 0.15) is 18.4 Å². The molecule has 66 valence electrons. The molecule has 0 aliphatic heterocycles. The van der Waals surface area contributed by atoms with Crippen molar-refractivity contribution in [3.63, 3.8) is 0 Å². The van der Waals surface area contributed by atoms with Gasteiger partial charge in [0, 0.05) is 13.0 Å². The summed E-state index contributed by atoms with van der Waals surface area (Å²) in [6, 6.07) is 1.06. The van der Waals surface area contributed by atoms with Crippen LogP contribution in [0.3, 0.4) is 0 Å². The van der Waals surface area contributed by atoms with Crippen LogP contribution in [0.25, 0.3) is 0 Å². The van der Waals surface area contributed by atoms with Crippen LogP contribution >= 0.6 is 11.6 Å². The number of hydrogen-bond donors (Lipinski definition) is 0. The van der Waals surface area contributed by atoms with Gasteiger partial charge in [0.1, 0.15) is 16.7 Å². The van der Waals surface area contributed by atoms with E-state index < -0.39 is 5.92 Å². The third-order valence-corrected chi connectivity index (χ3v) is 1.45. The fraction of sp³-hybridized carbons (Fsp3) is 0.429. The van der Waals surface area contributed by atoms with E-state index in [2.05, 4.69) is 9.97 Å². The highest BCUT2D eigenvalue weighted by Gasteiger charge is 2.26. The maximum atomic E-state index is 12.7. The number of nitrogens with zero attached hydrogens (tertiary/aromatic N) is 2. The van der Waals surface area contributed by atoms with Gasteiger partial charge in [0.05, 0.1) is 0 Å². The number of rotatable bonds is 1. The van der Waals surface area contributed by atoms with Crippen LogP contribution < -0.4 is 0 Å². The second-order valence-corrected chi connectivity index (χ2v) is 2.90. The minimum atomic E-state index is -2.96. The predicted octanol–water partition coefficient (Wildman–Crippen LogP) is 2.55. The normalized spacial score (nSPS) is 11.8. The minimum absolute atomic E-state index is 0.0408. The molecule has 0 fully saturated rings. The van der Waals surface area contributed by atoms with Crippen molar-refractivity contribution in [1.82, 2.24) is 9.97 Å². The fourth-order valence-electron chi connectivity index (χ4n) is 0.756. The van der Waals surface area contributed by atoms with E-state index in [9.17, 15) is 8.78 Å². The second-order valence-electron chi connectivity index (χ2n) is 2.51. The van der Waals surface area contributed by atoms with Crippen molar-refractivity contribution in [2.75, 3.05) is 0 Å². The Morgan fingerprint density at radius 3 is 2.42 bits per heavy atom. The van der Waals surface area contributed by atoms with Crippen molar-refractivity contribution in [2.45, 2.75) is 19.8 Å². The summed E-state index contributed by atoms with van der Waals surface area (Å²) >= 11 is 5.47. The van der Waals surface area contributed by atoms with Crippen molar-refractivity contribution in [3.05, 3.63) is 22.7 Å². The quantitative estimate of drug-likeness (QED) is 0.639. The molecule has 5 heteroatoms. The van der Waals surface area contributed by atoms with Crippen molar-refractivity contribution < 1.29 is 8.78 Å². The molecule has 12 heavy (non-hydrogen) atoms. The van der Waals surface area contributed by atoms with Gasteiger partial charge in [-0.05, 0) is 6.92 Å². The zero-order valence-corrected chi connectivity index (χ0v) is 7.36. The van der Waals surface area contributed by atoms with E-state index in [1.165, 1.54) is 6.92 Å². The summed E-state index contributed by atoms with van der Waals surface area (Å²) < 4.78 is 25.3. The third-order valence-electron chi connectivity index (χ3n) is 1.26. The Hall–Kier alpha value is -0.770. The van der Waals surface area contributed by atoms with Gasteiger partial charge < -0.3 is 0 Å². The topological polar surface area (TPSA) is 25.8 Å². The molecule has 1 aromatic rings. The number of aryl methyl sites for hydroxylation is 1. The lowest BCUT2D eigenvalue weighted by molar-refractivity contribution is 0.0124. The van der Waals surface area contributed by atoms with Crippen LogP contribution in [0.15, 0.2) is 6.07 Å². The Morgan fingerprint density at radius 2 is 2.00 bits per heavy atom. The summed E-state index contributed by atoms with van der Waals surface area (Å²) in [6.45, 7) is 2.28. The van der Waals surface area contributed by atoms with Crippen LogP contribution in [0.2, 0.25) is 5.15 Å². The molecule has 0 atom stereocenters. The Labute approximate surface area is 73.6 Å². The first kappa shape index (κ1) is 9.32. The summed E-state index contributed by atoms with van der Waals surface area (Å²) in [7, 11) is 0. The molecule has 0 saturated carbocycles. The van der Waals surface area contributed by atoms with E-state index >= 15 is 0 Å². The Kier molecular flexibility index (Phi) is 2.28. The predicted molar refractivity (Wildman–Crippen MR) is 41.3 cm³/mol. The SMILES string of the molecule is Cc1nc(Cl)cc(C(C)(F)F)n1. The molecule has 0 aliphatic carbocycles. The highest BCUT2D eigenvalue weighted by molar-refractivity contribution is 6.29. The Balaban J connectivity index is 3.18. The lowest BCUT2D eigenvalue weighted by Crippen LogP contribution is -2.11. The molecule has 0 spiro atoms. The van der Waals surface area contributed by atoms with Crippen molar-refractivity contribution in [3.8, 4) is 0 Å². The van der Waals surface area contributed by atoms with Crippen LogP contribution in [0.5, 0.6) is 0 Å². The number of halogens is 3. The largest absolute Gasteiger partial charge is 0.287 e. The average molecular weight is 193 g/mol. The highest BCUT2D eigenvalue weighted by atomic mass is 35.5. The first-order valence-corrected chi connectivity index (χ1v) is 3.67. The molecule has 1 rings (SSSR count). The molecule has 0 radical (unpaired) electrons. The molecule has 0 aromatic carbocycles. The number of hydrogen-bond acceptors (Lipinski definition) is 2. The highest BCUT2D eigenvalue weighted by Crippen LogP contribution is 2.26. The maximum absolute atomic E-state index is 12.7. The standard InChI is InChI=1S/C7H7ClF2N2/c1-4-11-5(7(2,9)10)3-6(8)12-4/h3H,1-2H3. The summed E-state index contributed by atoms with van der Waals surface area (Å²) in [5.41, 5.74) is -0.347. The van der Waals surface area contributed by atoms with Gasteiger partial charge in [-0.2, -0.15) is 8.78 Å². The van der Waals surface area contributed by atoms with Crippen LogP contribution in [-0.4, -0.2) is 9.97 Å². The van der Waals surface area contributed by atoms with Gasteiger partial charge in [0.15, 0.2) is 0 Å². The molecule has 0 unspecified atom stereocenters. The molecule has 2 nitrogen and oxygen atoms in total. The summed E-state index contributed by atoms with van der Waals surface area (Å²) in [6.07, 6.45) is 0. The Bertz CT molecular complexity index is 276. The van der Waals surface area contributed by atoms with Crippen LogP contribution in [0.4, 0.5) is 8.78 Å². The molecule has 1 aromatic heterocycles. The molecular formula is C7H7ClF2N2. The van der Waals surface area contributed by atoms with E-state index in [4.69, 9.17) is 11.6 Å². The van der Waals surface area contributed by atoms with Gasteiger partial charge in [-0.1, -0.05) is 11.6 Å². The van der Waals surface area contributed by atoms with Gasteiger partial charge in [-0.3, -0.25) is 0 Å². The summed E-state index contributed by atoms with van der Waals surface area (Å²) in [4.78, 5) is 7.23. The van der Waals surface area contributed by atoms with Crippen molar-refractivity contribution in [2.24, 2.45) is 0 Å². The molecule has 0 aliphatic rings. The lowest BCUT2D eigenvalue weighted by atomic mass is 10.2. The maximum Gasteiger partial charge on any atom is 0.287 e. The van der Waals surface area contributed by atoms with E-state index in [1.807, 2.05) is 0 Å². The zero-order chi connectivity index (χ0) is 9.35. The zero-order valence-electron chi connectivity index (χ0n) is 6.61. The van der Waals surface area contributed by atoms with E-state index in [0.717, 1.165) is 13.0 Å². The lowest BCUT2D eigenvalue weighted by Gasteiger charge is -2.09. The van der Waals surface area contributed by atoms with Gasteiger partial charge in [-0.25, -0.2) is 9.97 Å². The first-order chi connectivity index (χ1) is 5.39. The van der Waals surface area contributed by atoms with Crippen molar-refractivity contribution in [1.29, 1.82) is 0 Å². The molecule has 0 bridgehead atoms. The first-order valence-electron chi connectivity index (χ1n) is 3.29. The number of aromatic nitrogens is 2. The van der Waals surface area contributed by atoms with Gasteiger partial charge in [0.25, 0.3) is 5.92 Å². The Morgan fingerprint density at radius 1 is 1.42 bits per heavy atom. The molecule has 0 amide bonds. The molecule has 0 N–H and O–H groups in total. The van der Waals surface area contributed by atoms with Crippen LogP contribution in [-0.2, 0) is 5.92 Å². The monoisotopic (exact) mass is 192 g/mol. The minimum Gasteiger partial charge on any atom is -0.232 e. The van der Waals surface area contributed by atoms with Crippen molar-refractivity contribution >= 4 is 11.6 Å². The molecule has 0 saturated heterocycles. The van der Waals surface area contributed by atoms with E-state index in [-0.39, 0.29) is 16.7 Å².